The van der Waals surface area contributed by atoms with Crippen LogP contribution in [0.4, 0.5) is 0 Å². The van der Waals surface area contributed by atoms with Gasteiger partial charge in [0.05, 0.1) is 0 Å². The Morgan fingerprint density at radius 2 is 2.00 bits per heavy atom. The highest BCUT2D eigenvalue weighted by atomic mass is 16.6. The molecular weight excluding hydrogens is 352 g/mol. The molecule has 142 valence electrons. The highest BCUT2D eigenvalue weighted by Crippen LogP contribution is 2.41. The molecule has 1 saturated carbocycles. The number of hydrogen-bond donors (Lipinski definition) is 1. The van der Waals surface area contributed by atoms with Crippen molar-refractivity contribution in [3.05, 3.63) is 35.4 Å². The summed E-state index contributed by atoms with van der Waals surface area (Å²) in [6.07, 6.45) is 0.818. The molecule has 2 amide bonds. The van der Waals surface area contributed by atoms with E-state index in [9.17, 15) is 19.2 Å². The van der Waals surface area contributed by atoms with Crippen LogP contribution < -0.4 is 5.32 Å². The minimum Gasteiger partial charge on any atom is -0.460 e. The molecule has 1 aromatic carbocycles. The molecule has 0 unspecified atom stereocenters. The van der Waals surface area contributed by atoms with Crippen molar-refractivity contribution in [3.8, 4) is 0 Å². The third-order valence-corrected chi connectivity index (χ3v) is 4.99. The summed E-state index contributed by atoms with van der Waals surface area (Å²) < 4.78 is 10.0. The predicted octanol–water partition coefficient (Wildman–Crippen LogP) is 0.709. The van der Waals surface area contributed by atoms with Gasteiger partial charge in [0, 0.05) is 18.0 Å². The van der Waals surface area contributed by atoms with E-state index in [0.717, 1.165) is 12.8 Å². The first-order valence-corrected chi connectivity index (χ1v) is 9.05. The van der Waals surface area contributed by atoms with E-state index in [1.165, 1.54) is 0 Å². The molecule has 4 rings (SSSR count). The number of carbonyl (C=O) groups is 4. The normalized spacial score (nSPS) is 26.6. The molecule has 2 heterocycles. The van der Waals surface area contributed by atoms with Gasteiger partial charge in [-0.15, -0.1) is 0 Å². The van der Waals surface area contributed by atoms with Crippen molar-refractivity contribution in [1.29, 1.82) is 0 Å². The van der Waals surface area contributed by atoms with Crippen LogP contribution in [0, 0.1) is 0 Å². The number of fused-ring (bicyclic) bond motifs is 1. The highest BCUT2D eigenvalue weighted by molar-refractivity contribution is 6.05. The zero-order valence-corrected chi connectivity index (χ0v) is 14.8. The van der Waals surface area contributed by atoms with Crippen molar-refractivity contribution in [1.82, 2.24) is 10.2 Å². The Morgan fingerprint density at radius 3 is 2.67 bits per heavy atom. The monoisotopic (exact) mass is 372 g/mol. The van der Waals surface area contributed by atoms with E-state index in [0.29, 0.717) is 17.5 Å². The quantitative estimate of drug-likeness (QED) is 0.764. The molecule has 1 aliphatic carbocycles. The average Bonchev–Trinajstić information content (AvgIpc) is 3.37. The summed E-state index contributed by atoms with van der Waals surface area (Å²) in [7, 11) is 0. The van der Waals surface area contributed by atoms with Gasteiger partial charge in [-0.05, 0) is 31.4 Å². The lowest BCUT2D eigenvalue weighted by molar-refractivity contribution is -0.160. The van der Waals surface area contributed by atoms with Crippen LogP contribution in [0.1, 0.15) is 48.1 Å². The molecule has 27 heavy (non-hydrogen) atoms. The smallest absolute Gasteiger partial charge is 0.347 e. The molecule has 1 saturated heterocycles. The molecule has 0 radical (unpaired) electrons. The maximum atomic E-state index is 12.7. The SMILES string of the molecule is C[C@@H]1C[C@@H](OC(=O)CNC(=O)[C@@H]2c3ccccc3C(=O)N2C2CC2)C(=O)O1. The molecule has 2 fully saturated rings. The van der Waals surface area contributed by atoms with Crippen LogP contribution in [0.2, 0.25) is 0 Å². The van der Waals surface area contributed by atoms with Gasteiger partial charge in [0.2, 0.25) is 12.0 Å². The predicted molar refractivity (Wildman–Crippen MR) is 91.4 cm³/mol. The molecule has 1 N–H and O–H groups in total. The van der Waals surface area contributed by atoms with Crippen LogP contribution in [0.5, 0.6) is 0 Å². The Labute approximate surface area is 155 Å². The molecule has 8 heteroatoms. The number of ether oxygens (including phenoxy) is 2. The Balaban J connectivity index is 1.41. The number of carbonyl (C=O) groups excluding carboxylic acids is 4. The Hall–Kier alpha value is -2.90. The van der Waals surface area contributed by atoms with Crippen LogP contribution >= 0.6 is 0 Å². The molecular formula is C19H20N2O6. The maximum absolute atomic E-state index is 12.7. The number of rotatable bonds is 5. The second kappa shape index (κ2) is 6.68. The Bertz CT molecular complexity index is 818. The van der Waals surface area contributed by atoms with Gasteiger partial charge in [-0.1, -0.05) is 18.2 Å². The second-order valence-electron chi connectivity index (χ2n) is 7.11. The number of nitrogens with one attached hydrogen (secondary N) is 1. The number of amides is 2. The van der Waals surface area contributed by atoms with E-state index in [1.807, 2.05) is 0 Å². The summed E-state index contributed by atoms with van der Waals surface area (Å²) >= 11 is 0. The van der Waals surface area contributed by atoms with Gasteiger partial charge >= 0.3 is 11.9 Å². The molecule has 3 aliphatic rings. The van der Waals surface area contributed by atoms with Crippen molar-refractivity contribution in [3.63, 3.8) is 0 Å². The molecule has 0 aromatic heterocycles. The van der Waals surface area contributed by atoms with E-state index in [1.54, 1.807) is 36.1 Å². The lowest BCUT2D eigenvalue weighted by Gasteiger charge is -2.24. The van der Waals surface area contributed by atoms with Crippen LogP contribution in [-0.4, -0.2) is 53.4 Å². The van der Waals surface area contributed by atoms with E-state index in [4.69, 9.17) is 9.47 Å². The third kappa shape index (κ3) is 3.27. The van der Waals surface area contributed by atoms with Crippen molar-refractivity contribution in [2.24, 2.45) is 0 Å². The first-order valence-electron chi connectivity index (χ1n) is 9.05. The van der Waals surface area contributed by atoms with E-state index >= 15 is 0 Å². The van der Waals surface area contributed by atoms with E-state index in [-0.39, 0.29) is 24.6 Å². The molecule has 0 bridgehead atoms. The minimum atomic E-state index is -0.929. The standard InChI is InChI=1S/C19H20N2O6/c1-10-8-14(19(25)26-10)27-15(22)9-20-17(23)16-12-4-2-3-5-13(12)18(24)21(16)11-6-7-11/h2-5,10-11,14,16H,6-9H2,1H3,(H,20,23)/t10-,14-,16+/m1/s1. The first-order chi connectivity index (χ1) is 13.0. The van der Waals surface area contributed by atoms with Crippen molar-refractivity contribution in [2.75, 3.05) is 6.54 Å². The minimum absolute atomic E-state index is 0.0577. The fraction of sp³-hybridized carbons (Fsp3) is 0.474. The molecule has 2 aliphatic heterocycles. The second-order valence-corrected chi connectivity index (χ2v) is 7.11. The number of cyclic esters (lactones) is 1. The fourth-order valence-corrected chi connectivity index (χ4v) is 3.61. The maximum Gasteiger partial charge on any atom is 0.347 e. The number of nitrogens with zero attached hydrogens (tertiary/aromatic N) is 1. The third-order valence-electron chi connectivity index (χ3n) is 4.99. The van der Waals surface area contributed by atoms with Crippen LogP contribution in [0.3, 0.4) is 0 Å². The van der Waals surface area contributed by atoms with Crippen LogP contribution in [-0.2, 0) is 23.9 Å². The summed E-state index contributed by atoms with van der Waals surface area (Å²) in [5.74, 6) is -1.87. The topological polar surface area (TPSA) is 102 Å². The van der Waals surface area contributed by atoms with Gasteiger partial charge in [0.15, 0.2) is 0 Å². The summed E-state index contributed by atoms with van der Waals surface area (Å²) in [5, 5.41) is 2.54. The summed E-state index contributed by atoms with van der Waals surface area (Å²) in [6.45, 7) is 1.34. The zero-order chi connectivity index (χ0) is 19.1. The number of hydrogen-bond acceptors (Lipinski definition) is 6. The molecule has 1 aromatic rings. The van der Waals surface area contributed by atoms with Crippen molar-refractivity contribution < 1.29 is 28.7 Å². The molecule has 8 nitrogen and oxygen atoms in total. The molecule has 3 atom stereocenters. The number of benzene rings is 1. The van der Waals surface area contributed by atoms with E-state index < -0.39 is 30.0 Å². The summed E-state index contributed by atoms with van der Waals surface area (Å²) in [4.78, 5) is 50.5. The lowest BCUT2D eigenvalue weighted by Crippen LogP contribution is -2.42. The first kappa shape index (κ1) is 17.5. The summed E-state index contributed by atoms with van der Waals surface area (Å²) in [5.41, 5.74) is 1.17. The Kier molecular flexibility index (Phi) is 4.33. The average molecular weight is 372 g/mol. The van der Waals surface area contributed by atoms with Crippen molar-refractivity contribution in [2.45, 2.75) is 50.5 Å². The van der Waals surface area contributed by atoms with Gasteiger partial charge in [0.1, 0.15) is 18.7 Å². The van der Waals surface area contributed by atoms with Crippen LogP contribution in [0.15, 0.2) is 24.3 Å². The molecule has 0 spiro atoms. The largest absolute Gasteiger partial charge is 0.460 e. The zero-order valence-electron chi connectivity index (χ0n) is 14.8. The van der Waals surface area contributed by atoms with Gasteiger partial charge in [-0.3, -0.25) is 14.4 Å². The fourth-order valence-electron chi connectivity index (χ4n) is 3.61. The summed E-state index contributed by atoms with van der Waals surface area (Å²) in [6, 6.07) is 6.33. The van der Waals surface area contributed by atoms with Crippen LogP contribution in [0.25, 0.3) is 0 Å². The highest BCUT2D eigenvalue weighted by Gasteiger charge is 2.47. The van der Waals surface area contributed by atoms with Gasteiger partial charge in [-0.25, -0.2) is 4.79 Å². The van der Waals surface area contributed by atoms with Gasteiger partial charge < -0.3 is 19.7 Å². The van der Waals surface area contributed by atoms with E-state index in [2.05, 4.69) is 5.32 Å². The van der Waals surface area contributed by atoms with Gasteiger partial charge in [0.25, 0.3) is 5.91 Å². The number of esters is 2. The van der Waals surface area contributed by atoms with Crippen molar-refractivity contribution >= 4 is 23.8 Å². The van der Waals surface area contributed by atoms with Gasteiger partial charge in [-0.2, -0.15) is 0 Å². The lowest BCUT2D eigenvalue weighted by atomic mass is 10.0. The Morgan fingerprint density at radius 1 is 1.26 bits per heavy atom.